The molecule has 0 aliphatic carbocycles. The molecule has 2 nitrogen and oxygen atoms in total. The van der Waals surface area contributed by atoms with Crippen molar-refractivity contribution in [2.24, 2.45) is 0 Å². The molecule has 1 atom stereocenters. The fraction of sp³-hybridized carbons (Fsp3) is 0.538. The lowest BCUT2D eigenvalue weighted by Gasteiger charge is -2.28. The molecule has 1 unspecified atom stereocenters. The third kappa shape index (κ3) is 3.49. The normalized spacial score (nSPS) is 13.6. The number of nitrogens with one attached hydrogen (secondary N) is 1. The molecule has 0 aliphatic heterocycles. The minimum Gasteiger partial charge on any atom is -0.388 e. The van der Waals surface area contributed by atoms with E-state index in [0.717, 1.165) is 16.6 Å². The van der Waals surface area contributed by atoms with Gasteiger partial charge in [0.15, 0.2) is 0 Å². The van der Waals surface area contributed by atoms with E-state index >= 15 is 0 Å². The molecule has 90 valence electrons. The van der Waals surface area contributed by atoms with Crippen LogP contribution >= 0.6 is 15.9 Å². The zero-order valence-corrected chi connectivity index (χ0v) is 11.9. The Bertz CT molecular complexity index is 357. The largest absolute Gasteiger partial charge is 0.388 e. The lowest BCUT2D eigenvalue weighted by molar-refractivity contribution is 0.0649. The fourth-order valence-corrected chi connectivity index (χ4v) is 1.81. The zero-order chi connectivity index (χ0) is 12.3. The Balaban J connectivity index is 2.89. The number of benzene rings is 1. The van der Waals surface area contributed by atoms with Crippen LogP contribution in [-0.4, -0.2) is 16.7 Å². The van der Waals surface area contributed by atoms with E-state index in [2.05, 4.69) is 34.2 Å². The lowest BCUT2D eigenvalue weighted by atomic mass is 10.00. The molecule has 0 bridgehead atoms. The Morgan fingerprint density at radius 1 is 1.44 bits per heavy atom. The van der Waals surface area contributed by atoms with Crippen LogP contribution in [-0.2, 0) is 6.42 Å². The van der Waals surface area contributed by atoms with E-state index in [1.807, 2.05) is 32.9 Å². The molecule has 0 aliphatic rings. The summed E-state index contributed by atoms with van der Waals surface area (Å²) in [5, 5.41) is 13.3. The number of aliphatic hydroxyl groups is 1. The van der Waals surface area contributed by atoms with Crippen molar-refractivity contribution >= 4 is 21.6 Å². The molecule has 2 N–H and O–H groups in total. The van der Waals surface area contributed by atoms with E-state index in [4.69, 9.17) is 0 Å². The van der Waals surface area contributed by atoms with Crippen molar-refractivity contribution in [3.63, 3.8) is 0 Å². The number of hydrogen-bond acceptors (Lipinski definition) is 2. The highest BCUT2D eigenvalue weighted by atomic mass is 79.9. The van der Waals surface area contributed by atoms with Gasteiger partial charge < -0.3 is 10.4 Å². The number of aryl methyl sites for hydroxylation is 1. The van der Waals surface area contributed by atoms with Gasteiger partial charge in [0.25, 0.3) is 0 Å². The summed E-state index contributed by atoms with van der Waals surface area (Å²) in [4.78, 5) is 0. The van der Waals surface area contributed by atoms with Crippen molar-refractivity contribution in [2.45, 2.75) is 45.8 Å². The first-order valence-electron chi connectivity index (χ1n) is 5.62. The minimum absolute atomic E-state index is 0.0129. The third-order valence-electron chi connectivity index (χ3n) is 2.88. The van der Waals surface area contributed by atoms with Crippen LogP contribution in [0.3, 0.4) is 0 Å². The summed E-state index contributed by atoms with van der Waals surface area (Å²) in [7, 11) is 0. The lowest BCUT2D eigenvalue weighted by Crippen LogP contribution is -2.39. The highest BCUT2D eigenvalue weighted by Crippen LogP contribution is 2.24. The molecule has 0 spiro atoms. The van der Waals surface area contributed by atoms with Crippen LogP contribution in [0.1, 0.15) is 33.3 Å². The maximum absolute atomic E-state index is 9.89. The van der Waals surface area contributed by atoms with Crippen molar-refractivity contribution in [2.75, 3.05) is 5.32 Å². The number of halogens is 1. The summed E-state index contributed by atoms with van der Waals surface area (Å²) in [6.07, 6.45) is 0.973. The van der Waals surface area contributed by atoms with Gasteiger partial charge in [-0.15, -0.1) is 0 Å². The van der Waals surface area contributed by atoms with E-state index < -0.39 is 5.60 Å². The number of anilines is 1. The van der Waals surface area contributed by atoms with Crippen molar-refractivity contribution in [1.29, 1.82) is 0 Å². The molecule has 0 radical (unpaired) electrons. The maximum Gasteiger partial charge on any atom is 0.0789 e. The summed E-state index contributed by atoms with van der Waals surface area (Å²) in [6.45, 7) is 7.74. The summed E-state index contributed by atoms with van der Waals surface area (Å²) < 4.78 is 1.09. The van der Waals surface area contributed by atoms with Crippen LogP contribution in [0.2, 0.25) is 0 Å². The second kappa shape index (κ2) is 5.19. The Kier molecular flexibility index (Phi) is 4.39. The second-order valence-corrected chi connectivity index (χ2v) is 5.59. The Morgan fingerprint density at radius 3 is 2.56 bits per heavy atom. The van der Waals surface area contributed by atoms with Crippen LogP contribution in [0, 0.1) is 0 Å². The first-order chi connectivity index (χ1) is 7.34. The Morgan fingerprint density at radius 2 is 2.06 bits per heavy atom. The van der Waals surface area contributed by atoms with Gasteiger partial charge in [0.1, 0.15) is 0 Å². The van der Waals surface area contributed by atoms with Gasteiger partial charge in [0, 0.05) is 10.2 Å². The van der Waals surface area contributed by atoms with Gasteiger partial charge in [-0.25, -0.2) is 0 Å². The topological polar surface area (TPSA) is 32.3 Å². The van der Waals surface area contributed by atoms with Crippen LogP contribution in [0.4, 0.5) is 5.69 Å². The van der Waals surface area contributed by atoms with Gasteiger partial charge in [0.2, 0.25) is 0 Å². The molecule has 0 aromatic heterocycles. The van der Waals surface area contributed by atoms with Crippen molar-refractivity contribution < 1.29 is 5.11 Å². The average molecular weight is 286 g/mol. The smallest absolute Gasteiger partial charge is 0.0789 e. The van der Waals surface area contributed by atoms with Gasteiger partial charge in [-0.1, -0.05) is 22.9 Å². The number of rotatable bonds is 4. The standard InChI is InChI=1S/C13H20BrNO/c1-5-10-8-11(14)6-7-12(10)15-9(2)13(3,4)16/h6-9,15-16H,5H2,1-4H3. The quantitative estimate of drug-likeness (QED) is 0.886. The maximum atomic E-state index is 9.89. The SMILES string of the molecule is CCc1cc(Br)ccc1NC(C)C(C)(C)O. The van der Waals surface area contributed by atoms with Gasteiger partial charge in [-0.2, -0.15) is 0 Å². The molecule has 0 fully saturated rings. The van der Waals surface area contributed by atoms with Crippen molar-refractivity contribution in [1.82, 2.24) is 0 Å². The summed E-state index contributed by atoms with van der Waals surface area (Å²) in [6, 6.07) is 6.18. The van der Waals surface area contributed by atoms with Crippen LogP contribution in [0.5, 0.6) is 0 Å². The van der Waals surface area contributed by atoms with Crippen LogP contribution in [0.25, 0.3) is 0 Å². The predicted molar refractivity (Wildman–Crippen MR) is 72.9 cm³/mol. The molecule has 1 rings (SSSR count). The first-order valence-corrected chi connectivity index (χ1v) is 6.41. The minimum atomic E-state index is -0.724. The average Bonchev–Trinajstić information content (AvgIpc) is 2.19. The molecule has 0 heterocycles. The molecular formula is C13H20BrNO. The molecule has 0 saturated heterocycles. The van der Waals surface area contributed by atoms with Gasteiger partial charge in [0.05, 0.1) is 11.6 Å². The Hall–Kier alpha value is -0.540. The predicted octanol–water partition coefficient (Wildman–Crippen LogP) is 3.58. The van der Waals surface area contributed by atoms with Gasteiger partial charge in [-0.05, 0) is 51.0 Å². The Labute approximate surface area is 106 Å². The molecule has 1 aromatic rings. The van der Waals surface area contributed by atoms with E-state index in [1.165, 1.54) is 5.56 Å². The van der Waals surface area contributed by atoms with Gasteiger partial charge in [-0.3, -0.25) is 0 Å². The summed E-state index contributed by atoms with van der Waals surface area (Å²) in [5.41, 5.74) is 1.63. The molecule has 16 heavy (non-hydrogen) atoms. The third-order valence-corrected chi connectivity index (χ3v) is 3.37. The fourth-order valence-electron chi connectivity index (χ4n) is 1.41. The van der Waals surface area contributed by atoms with Crippen LogP contribution in [0.15, 0.2) is 22.7 Å². The van der Waals surface area contributed by atoms with Gasteiger partial charge >= 0.3 is 0 Å². The number of hydrogen-bond donors (Lipinski definition) is 2. The molecular weight excluding hydrogens is 266 g/mol. The second-order valence-electron chi connectivity index (χ2n) is 4.67. The van der Waals surface area contributed by atoms with E-state index in [-0.39, 0.29) is 6.04 Å². The highest BCUT2D eigenvalue weighted by Gasteiger charge is 2.22. The summed E-state index contributed by atoms with van der Waals surface area (Å²) in [5.74, 6) is 0. The zero-order valence-electron chi connectivity index (χ0n) is 10.3. The van der Waals surface area contributed by atoms with E-state index in [9.17, 15) is 5.11 Å². The monoisotopic (exact) mass is 285 g/mol. The van der Waals surface area contributed by atoms with E-state index in [0.29, 0.717) is 0 Å². The summed E-state index contributed by atoms with van der Waals surface area (Å²) >= 11 is 3.47. The molecule has 3 heteroatoms. The molecule has 0 saturated carbocycles. The van der Waals surface area contributed by atoms with Crippen molar-refractivity contribution in [3.8, 4) is 0 Å². The van der Waals surface area contributed by atoms with Crippen molar-refractivity contribution in [3.05, 3.63) is 28.2 Å². The van der Waals surface area contributed by atoms with E-state index in [1.54, 1.807) is 0 Å². The molecule has 0 amide bonds. The highest BCUT2D eigenvalue weighted by molar-refractivity contribution is 9.10. The molecule has 1 aromatic carbocycles. The van der Waals surface area contributed by atoms with Crippen LogP contribution < -0.4 is 5.32 Å². The first kappa shape index (κ1) is 13.5.